The second-order valence-corrected chi connectivity index (χ2v) is 5.36. The number of nitrogens with zero attached hydrogens (tertiary/aromatic N) is 3. The molecule has 0 atom stereocenters. The minimum atomic E-state index is 0.158. The van der Waals surface area contributed by atoms with Crippen LogP contribution in [0.4, 0.5) is 5.13 Å². The molecule has 2 aromatic rings. The molecule has 1 aromatic carbocycles. The average molecular weight is 278 g/mol. The summed E-state index contributed by atoms with van der Waals surface area (Å²) in [4.78, 5) is 2.20. The summed E-state index contributed by atoms with van der Waals surface area (Å²) < 4.78 is 0. The van der Waals surface area contributed by atoms with Crippen LogP contribution in [-0.2, 0) is 13.0 Å². The van der Waals surface area contributed by atoms with Crippen LogP contribution in [0.5, 0.6) is 0 Å². The molecule has 0 aliphatic heterocycles. The molecule has 0 saturated heterocycles. The number of hydrogen-bond acceptors (Lipinski definition) is 6. The normalized spacial score (nSPS) is 11.1. The number of anilines is 1. The number of aromatic nitrogens is 2. The van der Waals surface area contributed by atoms with Gasteiger partial charge in [0, 0.05) is 26.1 Å². The highest BCUT2D eigenvalue weighted by molar-refractivity contribution is 7.15. The molecule has 0 fully saturated rings. The molecule has 0 saturated carbocycles. The third-order valence-electron chi connectivity index (χ3n) is 2.79. The van der Waals surface area contributed by atoms with Crippen LogP contribution in [0.3, 0.4) is 0 Å². The van der Waals surface area contributed by atoms with Crippen LogP contribution in [0.15, 0.2) is 30.3 Å². The molecule has 0 aliphatic carbocycles. The van der Waals surface area contributed by atoms with Crippen molar-refractivity contribution in [3.05, 3.63) is 40.9 Å². The topological polar surface area (TPSA) is 75.3 Å². The third-order valence-corrected chi connectivity index (χ3v) is 3.60. The van der Waals surface area contributed by atoms with E-state index in [2.05, 4.69) is 27.2 Å². The summed E-state index contributed by atoms with van der Waals surface area (Å²) in [7, 11) is 0. The largest absolute Gasteiger partial charge is 0.395 e. The molecule has 0 unspecified atom stereocenters. The zero-order valence-corrected chi connectivity index (χ0v) is 11.5. The Hall–Kier alpha value is -1.50. The van der Waals surface area contributed by atoms with E-state index in [9.17, 15) is 0 Å². The zero-order chi connectivity index (χ0) is 13.5. The monoisotopic (exact) mass is 278 g/mol. The van der Waals surface area contributed by atoms with Crippen molar-refractivity contribution in [2.45, 2.75) is 13.0 Å². The summed E-state index contributed by atoms with van der Waals surface area (Å²) in [6.45, 7) is 2.48. The molecule has 6 heteroatoms. The first-order valence-electron chi connectivity index (χ1n) is 6.23. The van der Waals surface area contributed by atoms with Crippen molar-refractivity contribution in [3.63, 3.8) is 0 Å². The second kappa shape index (κ2) is 7.18. The molecule has 0 spiro atoms. The Balaban J connectivity index is 1.89. The first kappa shape index (κ1) is 13.9. The van der Waals surface area contributed by atoms with Gasteiger partial charge in [0.2, 0.25) is 5.13 Å². The summed E-state index contributed by atoms with van der Waals surface area (Å²) in [6.07, 6.45) is 0.807. The number of rotatable bonds is 7. The van der Waals surface area contributed by atoms with E-state index in [1.807, 2.05) is 18.2 Å². The van der Waals surface area contributed by atoms with E-state index in [0.29, 0.717) is 11.7 Å². The van der Waals surface area contributed by atoms with E-state index < -0.39 is 0 Å². The maximum atomic E-state index is 9.13. The number of benzene rings is 1. The molecule has 19 heavy (non-hydrogen) atoms. The van der Waals surface area contributed by atoms with Crippen molar-refractivity contribution in [2.24, 2.45) is 0 Å². The predicted molar refractivity (Wildman–Crippen MR) is 76.8 cm³/mol. The number of nitrogens with two attached hydrogens (primary N) is 1. The lowest BCUT2D eigenvalue weighted by Crippen LogP contribution is -2.28. The van der Waals surface area contributed by atoms with Gasteiger partial charge in [0.25, 0.3) is 0 Å². The average Bonchev–Trinajstić information content (AvgIpc) is 2.83. The van der Waals surface area contributed by atoms with E-state index in [1.54, 1.807) is 0 Å². The highest BCUT2D eigenvalue weighted by atomic mass is 32.1. The van der Waals surface area contributed by atoms with E-state index in [4.69, 9.17) is 10.8 Å². The van der Waals surface area contributed by atoms with Crippen LogP contribution < -0.4 is 5.73 Å². The number of aliphatic hydroxyl groups is 1. The molecule has 2 rings (SSSR count). The summed E-state index contributed by atoms with van der Waals surface area (Å²) in [5.74, 6) is 0. The number of hydrogen-bond donors (Lipinski definition) is 2. The van der Waals surface area contributed by atoms with Gasteiger partial charge in [-0.3, -0.25) is 4.90 Å². The molecule has 5 nitrogen and oxygen atoms in total. The fraction of sp³-hybridized carbons (Fsp3) is 0.385. The number of nitrogen functional groups attached to an aromatic ring is 1. The van der Waals surface area contributed by atoms with Crippen LogP contribution >= 0.6 is 11.3 Å². The Morgan fingerprint density at radius 1 is 1.16 bits per heavy atom. The molecule has 0 bridgehead atoms. The maximum absolute atomic E-state index is 9.13. The summed E-state index contributed by atoms with van der Waals surface area (Å²) in [6, 6.07) is 10.2. The molecule has 3 N–H and O–H groups in total. The first-order chi connectivity index (χ1) is 9.28. The van der Waals surface area contributed by atoms with E-state index in [1.165, 1.54) is 16.9 Å². The van der Waals surface area contributed by atoms with Crippen LogP contribution in [-0.4, -0.2) is 39.9 Å². The molecule has 1 heterocycles. The zero-order valence-electron chi connectivity index (χ0n) is 10.7. The van der Waals surface area contributed by atoms with Gasteiger partial charge < -0.3 is 10.8 Å². The highest BCUT2D eigenvalue weighted by Gasteiger charge is 2.08. The van der Waals surface area contributed by atoms with Gasteiger partial charge in [-0.2, -0.15) is 0 Å². The lowest BCUT2D eigenvalue weighted by atomic mass is 10.2. The van der Waals surface area contributed by atoms with Gasteiger partial charge >= 0.3 is 0 Å². The lowest BCUT2D eigenvalue weighted by Gasteiger charge is -2.20. The Kier molecular flexibility index (Phi) is 5.26. The summed E-state index contributed by atoms with van der Waals surface area (Å²) in [5.41, 5.74) is 6.80. The van der Waals surface area contributed by atoms with Crippen molar-refractivity contribution in [2.75, 3.05) is 25.4 Å². The van der Waals surface area contributed by atoms with Crippen LogP contribution in [0.2, 0.25) is 0 Å². The minimum Gasteiger partial charge on any atom is -0.395 e. The molecule has 0 aliphatic rings. The quantitative estimate of drug-likeness (QED) is 0.795. The smallest absolute Gasteiger partial charge is 0.203 e. The SMILES string of the molecule is Nc1nnc(CCN(CCO)Cc2ccccc2)s1. The molecule has 0 amide bonds. The van der Waals surface area contributed by atoms with Crippen LogP contribution in [0, 0.1) is 0 Å². The van der Waals surface area contributed by atoms with Crippen molar-refractivity contribution in [1.29, 1.82) is 0 Å². The molecule has 1 aromatic heterocycles. The van der Waals surface area contributed by atoms with Gasteiger partial charge in [0.1, 0.15) is 5.01 Å². The molecule has 102 valence electrons. The third kappa shape index (κ3) is 4.59. The van der Waals surface area contributed by atoms with Gasteiger partial charge in [-0.05, 0) is 5.56 Å². The lowest BCUT2D eigenvalue weighted by molar-refractivity contribution is 0.191. The van der Waals surface area contributed by atoms with Gasteiger partial charge in [0.15, 0.2) is 0 Å². The van der Waals surface area contributed by atoms with Crippen molar-refractivity contribution in [3.8, 4) is 0 Å². The standard InChI is InChI=1S/C13H18N4OS/c14-13-16-15-12(19-13)6-7-17(8-9-18)10-11-4-2-1-3-5-11/h1-5,18H,6-10H2,(H2,14,16). The van der Waals surface area contributed by atoms with Crippen molar-refractivity contribution < 1.29 is 5.11 Å². The van der Waals surface area contributed by atoms with Gasteiger partial charge in [0.05, 0.1) is 6.61 Å². The van der Waals surface area contributed by atoms with E-state index in [-0.39, 0.29) is 6.61 Å². The minimum absolute atomic E-state index is 0.158. The molecule has 0 radical (unpaired) electrons. The van der Waals surface area contributed by atoms with Crippen LogP contribution in [0.1, 0.15) is 10.6 Å². The Labute approximate surface area is 116 Å². The van der Waals surface area contributed by atoms with Gasteiger partial charge in [-0.25, -0.2) is 0 Å². The van der Waals surface area contributed by atoms with Gasteiger partial charge in [-0.15, -0.1) is 10.2 Å². The summed E-state index contributed by atoms with van der Waals surface area (Å²) >= 11 is 1.42. The fourth-order valence-electron chi connectivity index (χ4n) is 1.87. The highest BCUT2D eigenvalue weighted by Crippen LogP contribution is 2.12. The van der Waals surface area contributed by atoms with E-state index in [0.717, 1.165) is 24.5 Å². The maximum Gasteiger partial charge on any atom is 0.203 e. The Bertz CT molecular complexity index is 488. The van der Waals surface area contributed by atoms with Crippen LogP contribution in [0.25, 0.3) is 0 Å². The first-order valence-corrected chi connectivity index (χ1v) is 7.04. The predicted octanol–water partition coefficient (Wildman–Crippen LogP) is 1.16. The van der Waals surface area contributed by atoms with E-state index >= 15 is 0 Å². The number of aliphatic hydroxyl groups excluding tert-OH is 1. The second-order valence-electron chi connectivity index (χ2n) is 4.27. The summed E-state index contributed by atoms with van der Waals surface area (Å²) in [5, 5.41) is 18.4. The molecular formula is C13H18N4OS. The Morgan fingerprint density at radius 2 is 1.95 bits per heavy atom. The Morgan fingerprint density at radius 3 is 2.58 bits per heavy atom. The van der Waals surface area contributed by atoms with Crippen molar-refractivity contribution >= 4 is 16.5 Å². The van der Waals surface area contributed by atoms with Crippen molar-refractivity contribution in [1.82, 2.24) is 15.1 Å². The molecular weight excluding hydrogens is 260 g/mol. The fourth-order valence-corrected chi connectivity index (χ4v) is 2.47. The van der Waals surface area contributed by atoms with Gasteiger partial charge in [-0.1, -0.05) is 41.7 Å².